The van der Waals surface area contributed by atoms with Crippen molar-refractivity contribution < 1.29 is 28.8 Å². The van der Waals surface area contributed by atoms with Gasteiger partial charge in [-0.2, -0.15) is 0 Å². The Balaban J connectivity index is 1.12. The molecule has 0 saturated carbocycles. The number of nitro benzene ring substituents is 1. The molecule has 0 spiro atoms. The van der Waals surface area contributed by atoms with E-state index in [0.29, 0.717) is 19.3 Å². The Morgan fingerprint density at radius 1 is 0.810 bits per heavy atom. The van der Waals surface area contributed by atoms with Gasteiger partial charge in [0.2, 0.25) is 11.8 Å². The van der Waals surface area contributed by atoms with E-state index in [2.05, 4.69) is 87.5 Å². The lowest BCUT2D eigenvalue weighted by Gasteiger charge is -2.44. The van der Waals surface area contributed by atoms with E-state index in [9.17, 15) is 24.8 Å². The summed E-state index contributed by atoms with van der Waals surface area (Å²) >= 11 is 0. The second-order valence-electron chi connectivity index (χ2n) is 17.9. The third kappa shape index (κ3) is 7.62. The number of fused-ring (bicyclic) bond motifs is 4. The van der Waals surface area contributed by atoms with Gasteiger partial charge in [0.05, 0.1) is 41.8 Å². The summed E-state index contributed by atoms with van der Waals surface area (Å²) < 4.78 is 14.3. The van der Waals surface area contributed by atoms with E-state index in [4.69, 9.17) is 9.16 Å². The Labute approximate surface area is 368 Å². The van der Waals surface area contributed by atoms with E-state index >= 15 is 0 Å². The molecule has 63 heavy (non-hydrogen) atoms. The van der Waals surface area contributed by atoms with Crippen LogP contribution in [0, 0.1) is 27.9 Å². The number of ether oxygens (including phenoxy) is 1. The number of hydrogen-bond donors (Lipinski definition) is 1. The molecule has 3 aliphatic rings. The maximum Gasteiger partial charge on any atom is 0.271 e. The predicted molar refractivity (Wildman–Crippen MR) is 250 cm³/mol. The first-order valence-corrected chi connectivity index (χ1v) is 23.5. The monoisotopic (exact) mass is 854 g/mol. The van der Waals surface area contributed by atoms with Gasteiger partial charge in [-0.3, -0.25) is 19.7 Å². The Kier molecular flexibility index (Phi) is 11.3. The molecule has 2 aliphatic heterocycles. The van der Waals surface area contributed by atoms with E-state index in [1.165, 1.54) is 18.2 Å². The summed E-state index contributed by atoms with van der Waals surface area (Å²) in [5, 5.41) is 26.2. The number of allylic oxidation sites excluding steroid dienone is 1. The van der Waals surface area contributed by atoms with Crippen LogP contribution in [0.2, 0.25) is 5.04 Å². The van der Waals surface area contributed by atoms with Crippen molar-refractivity contribution in [2.24, 2.45) is 17.8 Å². The summed E-state index contributed by atoms with van der Waals surface area (Å²) in [6, 6.07) is 48.5. The van der Waals surface area contributed by atoms with Crippen LogP contribution in [0.25, 0.3) is 22.4 Å². The van der Waals surface area contributed by atoms with Gasteiger partial charge < -0.3 is 14.3 Å². The van der Waals surface area contributed by atoms with Crippen LogP contribution in [0.4, 0.5) is 11.4 Å². The number of rotatable bonds is 12. The fourth-order valence-corrected chi connectivity index (χ4v) is 15.0. The van der Waals surface area contributed by atoms with Crippen LogP contribution >= 0.6 is 0 Å². The van der Waals surface area contributed by atoms with Crippen molar-refractivity contribution in [3.63, 3.8) is 0 Å². The van der Waals surface area contributed by atoms with Crippen LogP contribution in [0.15, 0.2) is 163 Å². The van der Waals surface area contributed by atoms with Crippen molar-refractivity contribution in [2.75, 3.05) is 18.1 Å². The average Bonchev–Trinajstić information content (AvgIpc) is 3.83. The van der Waals surface area contributed by atoms with Crippen LogP contribution in [0.1, 0.15) is 51.2 Å². The zero-order valence-electron chi connectivity index (χ0n) is 35.6. The van der Waals surface area contributed by atoms with E-state index < -0.39 is 25.1 Å². The van der Waals surface area contributed by atoms with Crippen LogP contribution in [-0.2, 0) is 18.8 Å². The molecule has 0 unspecified atom stereocenters. The number of hydrogen-bond acceptors (Lipinski definition) is 7. The Morgan fingerprint density at radius 3 is 2.10 bits per heavy atom. The first-order chi connectivity index (χ1) is 30.5. The molecule has 6 aromatic rings. The number of anilines is 1. The Hall–Kier alpha value is -6.46. The summed E-state index contributed by atoms with van der Waals surface area (Å²) in [5.74, 6) is -2.21. The number of amides is 2. The smallest absolute Gasteiger partial charge is 0.271 e. The number of phenolic OH excluding ortho intramolecular Hbond substituents is 1. The van der Waals surface area contributed by atoms with Crippen LogP contribution in [0.3, 0.4) is 0 Å². The number of imide groups is 1. The highest BCUT2D eigenvalue weighted by atomic mass is 28.4. The normalized spacial score (nSPS) is 20.3. The molecule has 9 rings (SSSR count). The van der Waals surface area contributed by atoms with Gasteiger partial charge >= 0.3 is 0 Å². The topological polar surface area (TPSA) is 119 Å². The number of carbonyl (C=O) groups excluding carboxylic acids is 2. The van der Waals surface area contributed by atoms with Crippen LogP contribution in [-0.4, -0.2) is 49.5 Å². The lowest BCUT2D eigenvalue weighted by Crippen LogP contribution is -2.66. The lowest BCUT2D eigenvalue weighted by molar-refractivity contribution is -0.384. The molecule has 10 heteroatoms. The average molecular weight is 855 g/mol. The van der Waals surface area contributed by atoms with Gasteiger partial charge in [0.1, 0.15) is 5.75 Å². The SMILES string of the molecule is CC(C)(C)[Si](OCC1=C2[C@@H](CC/C(=C/c3ccc(O)c4ccccc34)c3ccccc3)OC[C@@H]2[C@@H]2C(=O)N(c3cccc([N+](=O)[O-])c3)C(=O)[C@@H]2C1)(c1ccccc1)c1ccccc1. The van der Waals surface area contributed by atoms with Gasteiger partial charge in [0, 0.05) is 23.4 Å². The largest absolute Gasteiger partial charge is 0.507 e. The quantitative estimate of drug-likeness (QED) is 0.0325. The van der Waals surface area contributed by atoms with Gasteiger partial charge in [-0.05, 0) is 80.0 Å². The molecule has 2 amide bonds. The number of carbonyl (C=O) groups is 2. The second kappa shape index (κ2) is 17.0. The predicted octanol–water partition coefficient (Wildman–Crippen LogP) is 9.87. The molecule has 2 saturated heterocycles. The summed E-state index contributed by atoms with van der Waals surface area (Å²) in [6.07, 6.45) is 3.40. The van der Waals surface area contributed by atoms with E-state index in [0.717, 1.165) is 53.9 Å². The molecule has 6 aromatic carbocycles. The number of benzene rings is 6. The van der Waals surface area contributed by atoms with Crippen molar-refractivity contribution in [3.05, 3.63) is 184 Å². The maximum absolute atomic E-state index is 14.6. The minimum absolute atomic E-state index is 0.187. The molecular formula is C53H50N2O7Si. The summed E-state index contributed by atoms with van der Waals surface area (Å²) in [6.45, 7) is 7.23. The Morgan fingerprint density at radius 2 is 1.44 bits per heavy atom. The fraction of sp³-hybridized carbons (Fsp3) is 0.245. The highest BCUT2D eigenvalue weighted by Crippen LogP contribution is 2.51. The number of phenols is 1. The molecule has 4 atom stereocenters. The zero-order chi connectivity index (χ0) is 43.9. The first-order valence-electron chi connectivity index (χ1n) is 21.6. The maximum atomic E-state index is 14.6. The molecule has 318 valence electrons. The number of non-ortho nitro benzene ring substituents is 1. The van der Waals surface area contributed by atoms with Crippen LogP contribution in [0.5, 0.6) is 5.75 Å². The van der Waals surface area contributed by atoms with E-state index in [-0.39, 0.29) is 59.2 Å². The van der Waals surface area contributed by atoms with Crippen molar-refractivity contribution in [2.45, 2.75) is 51.2 Å². The van der Waals surface area contributed by atoms with Crippen LogP contribution < -0.4 is 15.3 Å². The summed E-state index contributed by atoms with van der Waals surface area (Å²) in [4.78, 5) is 41.6. The van der Waals surface area contributed by atoms with Crippen molar-refractivity contribution in [1.82, 2.24) is 0 Å². The third-order valence-corrected chi connectivity index (χ3v) is 18.3. The van der Waals surface area contributed by atoms with Crippen molar-refractivity contribution >= 4 is 64.3 Å². The molecule has 0 radical (unpaired) electrons. The molecule has 0 aromatic heterocycles. The highest BCUT2D eigenvalue weighted by Gasteiger charge is 2.58. The number of aromatic hydroxyl groups is 1. The molecule has 9 nitrogen and oxygen atoms in total. The zero-order valence-corrected chi connectivity index (χ0v) is 36.6. The van der Waals surface area contributed by atoms with Gasteiger partial charge in [0.25, 0.3) is 14.0 Å². The minimum Gasteiger partial charge on any atom is -0.507 e. The molecule has 2 heterocycles. The minimum atomic E-state index is -3.03. The van der Waals surface area contributed by atoms with Crippen molar-refractivity contribution in [3.8, 4) is 5.75 Å². The van der Waals surface area contributed by atoms with E-state index in [1.807, 2.05) is 60.7 Å². The number of nitrogens with zero attached hydrogens (tertiary/aromatic N) is 2. The van der Waals surface area contributed by atoms with Crippen molar-refractivity contribution in [1.29, 1.82) is 0 Å². The fourth-order valence-electron chi connectivity index (χ4n) is 10.4. The van der Waals surface area contributed by atoms with Gasteiger partial charge in [-0.1, -0.05) is 154 Å². The standard InChI is InChI=1S/C53H50N2O7Si/c1-53(2,3)63(41-20-9-5-10-21-41,42-22-11-6-12-23-42)62-33-38-31-45-50(52(58)54(51(45)57)39-18-15-19-40(32-39)55(59)60)46-34-61-48(49(38)46)29-27-36(35-16-7-4-8-17-35)30-37-26-28-47(56)44-25-14-13-24-43(37)44/h4-26,28,30,32,45-46,48,50,56H,27,29,31,33-34H2,1-3H3/b36-30-/t45-,46+,48-,50-/m1/s1. The van der Waals surface area contributed by atoms with Gasteiger partial charge in [0.15, 0.2) is 0 Å². The first kappa shape index (κ1) is 41.9. The second-order valence-corrected chi connectivity index (χ2v) is 22.2. The third-order valence-electron chi connectivity index (χ3n) is 13.3. The molecule has 1 aliphatic carbocycles. The lowest BCUT2D eigenvalue weighted by atomic mass is 9.69. The summed E-state index contributed by atoms with van der Waals surface area (Å²) in [7, 11) is -3.03. The van der Waals surface area contributed by atoms with Gasteiger partial charge in [-0.15, -0.1) is 0 Å². The summed E-state index contributed by atoms with van der Waals surface area (Å²) in [5.41, 5.74) is 5.18. The molecule has 1 N–H and O–H groups in total. The molecule has 0 bridgehead atoms. The Bertz CT molecular complexity index is 2730. The van der Waals surface area contributed by atoms with E-state index in [1.54, 1.807) is 12.1 Å². The van der Waals surface area contributed by atoms with Gasteiger partial charge in [-0.25, -0.2) is 4.90 Å². The number of nitro groups is 1. The molecule has 2 fully saturated rings. The highest BCUT2D eigenvalue weighted by molar-refractivity contribution is 6.99. The molecular weight excluding hydrogens is 805 g/mol.